The van der Waals surface area contributed by atoms with Crippen LogP contribution < -0.4 is 0 Å². The van der Waals surface area contributed by atoms with Crippen LogP contribution in [0.4, 0.5) is 13.2 Å². The Kier molecular flexibility index (Phi) is 4.61. The first kappa shape index (κ1) is 16.6. The van der Waals surface area contributed by atoms with Gasteiger partial charge in [-0.3, -0.25) is 0 Å². The molecule has 0 aliphatic rings. The van der Waals surface area contributed by atoms with Gasteiger partial charge in [0.1, 0.15) is 5.82 Å². The molecule has 3 heteroatoms. The van der Waals surface area contributed by atoms with E-state index in [2.05, 4.69) is 6.92 Å². The Hall–Kier alpha value is -2.29. The predicted molar refractivity (Wildman–Crippen MR) is 92.6 cm³/mol. The topological polar surface area (TPSA) is 0 Å². The van der Waals surface area contributed by atoms with E-state index in [1.165, 1.54) is 11.6 Å². The molecule has 124 valence electrons. The average Bonchev–Trinajstić information content (AvgIpc) is 2.59. The largest absolute Gasteiger partial charge is 0.206 e. The van der Waals surface area contributed by atoms with Crippen LogP contribution in [-0.2, 0) is 12.8 Å². The van der Waals surface area contributed by atoms with Gasteiger partial charge in [-0.2, -0.15) is 0 Å². The molecule has 0 saturated carbocycles. The van der Waals surface area contributed by atoms with Crippen molar-refractivity contribution in [2.75, 3.05) is 0 Å². The van der Waals surface area contributed by atoms with E-state index in [1.807, 2.05) is 24.3 Å². The zero-order chi connectivity index (χ0) is 17.3. The van der Waals surface area contributed by atoms with E-state index in [1.54, 1.807) is 19.1 Å². The van der Waals surface area contributed by atoms with E-state index in [0.29, 0.717) is 17.4 Å². The molecular formula is C21H19F3. The number of fused-ring (bicyclic) bond motifs is 1. The van der Waals surface area contributed by atoms with Gasteiger partial charge in [0.15, 0.2) is 11.6 Å². The molecular weight excluding hydrogens is 309 g/mol. The van der Waals surface area contributed by atoms with Gasteiger partial charge in [-0.05, 0) is 41.0 Å². The summed E-state index contributed by atoms with van der Waals surface area (Å²) in [6.07, 6.45) is 2.36. The maximum absolute atomic E-state index is 14.9. The van der Waals surface area contributed by atoms with Crippen molar-refractivity contribution in [3.05, 3.63) is 71.0 Å². The van der Waals surface area contributed by atoms with Gasteiger partial charge in [0.05, 0.1) is 5.39 Å². The number of benzene rings is 3. The van der Waals surface area contributed by atoms with Crippen molar-refractivity contribution >= 4 is 10.8 Å². The molecule has 0 heterocycles. The van der Waals surface area contributed by atoms with Gasteiger partial charge in [0.25, 0.3) is 0 Å². The van der Waals surface area contributed by atoms with Crippen LogP contribution in [0.3, 0.4) is 0 Å². The van der Waals surface area contributed by atoms with E-state index in [0.717, 1.165) is 12.8 Å². The quantitative estimate of drug-likeness (QED) is 0.517. The molecule has 0 spiro atoms. The van der Waals surface area contributed by atoms with Gasteiger partial charge in [0.2, 0.25) is 0 Å². The zero-order valence-electron chi connectivity index (χ0n) is 13.8. The first-order chi connectivity index (χ1) is 11.6. The van der Waals surface area contributed by atoms with Crippen LogP contribution >= 0.6 is 0 Å². The maximum Gasteiger partial charge on any atom is 0.169 e. The number of hydrogen-bond donors (Lipinski definition) is 0. The summed E-state index contributed by atoms with van der Waals surface area (Å²) in [4.78, 5) is 0. The highest BCUT2D eigenvalue weighted by atomic mass is 19.2. The summed E-state index contributed by atoms with van der Waals surface area (Å²) in [5, 5.41) is 0.106. The molecule has 0 bridgehead atoms. The molecule has 0 radical (unpaired) electrons. The standard InChI is InChI=1S/C21H19F3/c1-3-5-13-6-8-15(9-7-13)17-11-10-16-12-14(4-2)19(22)21(24)18(16)20(17)23/h6-12H,3-5H2,1-2H3. The smallest absolute Gasteiger partial charge is 0.169 e. The van der Waals surface area contributed by atoms with Crippen LogP contribution in [0.15, 0.2) is 42.5 Å². The zero-order valence-corrected chi connectivity index (χ0v) is 13.8. The molecule has 0 amide bonds. The first-order valence-electron chi connectivity index (χ1n) is 8.25. The van der Waals surface area contributed by atoms with Crippen molar-refractivity contribution in [1.82, 2.24) is 0 Å². The monoisotopic (exact) mass is 328 g/mol. The fourth-order valence-electron chi connectivity index (χ4n) is 3.06. The second-order valence-electron chi connectivity index (χ2n) is 5.99. The van der Waals surface area contributed by atoms with Gasteiger partial charge in [-0.15, -0.1) is 0 Å². The molecule has 0 atom stereocenters. The van der Waals surface area contributed by atoms with E-state index >= 15 is 0 Å². The summed E-state index contributed by atoms with van der Waals surface area (Å²) in [7, 11) is 0. The highest BCUT2D eigenvalue weighted by Gasteiger charge is 2.18. The second kappa shape index (κ2) is 6.68. The molecule has 0 saturated heterocycles. The predicted octanol–water partition coefficient (Wildman–Crippen LogP) is 6.44. The minimum absolute atomic E-state index is 0.260. The third-order valence-corrected chi connectivity index (χ3v) is 4.38. The first-order valence-corrected chi connectivity index (χ1v) is 8.25. The highest BCUT2D eigenvalue weighted by molar-refractivity contribution is 5.89. The van der Waals surface area contributed by atoms with Crippen molar-refractivity contribution in [2.24, 2.45) is 0 Å². The Balaban J connectivity index is 2.16. The number of hydrogen-bond acceptors (Lipinski definition) is 0. The van der Waals surface area contributed by atoms with Gasteiger partial charge >= 0.3 is 0 Å². The number of rotatable bonds is 4. The Morgan fingerprint density at radius 2 is 1.50 bits per heavy atom. The van der Waals surface area contributed by atoms with Crippen molar-refractivity contribution in [3.8, 4) is 11.1 Å². The number of halogens is 3. The maximum atomic E-state index is 14.9. The SMILES string of the molecule is CCCc1ccc(-c2ccc3cc(CC)c(F)c(F)c3c2F)cc1. The lowest BCUT2D eigenvalue weighted by atomic mass is 9.96. The summed E-state index contributed by atoms with van der Waals surface area (Å²) >= 11 is 0. The van der Waals surface area contributed by atoms with E-state index in [9.17, 15) is 13.2 Å². The Labute approximate surface area is 139 Å². The fraction of sp³-hybridized carbons (Fsp3) is 0.238. The molecule has 3 aromatic carbocycles. The van der Waals surface area contributed by atoms with Crippen LogP contribution in [-0.4, -0.2) is 0 Å². The normalized spacial score (nSPS) is 11.2. The van der Waals surface area contributed by atoms with Crippen molar-refractivity contribution < 1.29 is 13.2 Å². The highest BCUT2D eigenvalue weighted by Crippen LogP contribution is 2.33. The fourth-order valence-corrected chi connectivity index (χ4v) is 3.06. The lowest BCUT2D eigenvalue weighted by Crippen LogP contribution is -1.98. The molecule has 3 rings (SSSR count). The summed E-state index contributed by atoms with van der Waals surface area (Å²) in [6, 6.07) is 12.3. The van der Waals surface area contributed by atoms with Crippen LogP contribution in [0, 0.1) is 17.5 Å². The number of aryl methyl sites for hydroxylation is 2. The molecule has 0 aliphatic carbocycles. The Morgan fingerprint density at radius 1 is 0.792 bits per heavy atom. The molecule has 0 fully saturated rings. The van der Waals surface area contributed by atoms with E-state index in [-0.39, 0.29) is 16.5 Å². The van der Waals surface area contributed by atoms with Crippen molar-refractivity contribution in [2.45, 2.75) is 33.1 Å². The van der Waals surface area contributed by atoms with Gasteiger partial charge in [-0.25, -0.2) is 13.2 Å². The Bertz CT molecular complexity index is 880. The van der Waals surface area contributed by atoms with Crippen molar-refractivity contribution in [3.63, 3.8) is 0 Å². The molecule has 0 unspecified atom stereocenters. The van der Waals surface area contributed by atoms with Gasteiger partial charge < -0.3 is 0 Å². The summed E-state index contributed by atoms with van der Waals surface area (Å²) in [5.74, 6) is -2.78. The third-order valence-electron chi connectivity index (χ3n) is 4.38. The molecule has 3 aromatic rings. The minimum Gasteiger partial charge on any atom is -0.206 e. The summed E-state index contributed by atoms with van der Waals surface area (Å²) in [5.41, 5.74) is 2.38. The van der Waals surface area contributed by atoms with Crippen LogP contribution in [0.1, 0.15) is 31.4 Å². The van der Waals surface area contributed by atoms with Crippen molar-refractivity contribution in [1.29, 1.82) is 0 Å². The van der Waals surface area contributed by atoms with Crippen LogP contribution in [0.5, 0.6) is 0 Å². The van der Waals surface area contributed by atoms with Crippen LogP contribution in [0.25, 0.3) is 21.9 Å². The van der Waals surface area contributed by atoms with Crippen LogP contribution in [0.2, 0.25) is 0 Å². The van der Waals surface area contributed by atoms with E-state index < -0.39 is 17.5 Å². The summed E-state index contributed by atoms with van der Waals surface area (Å²) < 4.78 is 43.3. The lowest BCUT2D eigenvalue weighted by Gasteiger charge is -2.11. The second-order valence-corrected chi connectivity index (χ2v) is 5.99. The molecule has 0 N–H and O–H groups in total. The Morgan fingerprint density at radius 3 is 2.12 bits per heavy atom. The minimum atomic E-state index is -1.11. The average molecular weight is 328 g/mol. The summed E-state index contributed by atoms with van der Waals surface area (Å²) in [6.45, 7) is 3.84. The van der Waals surface area contributed by atoms with E-state index in [4.69, 9.17) is 0 Å². The molecule has 0 aliphatic heterocycles. The van der Waals surface area contributed by atoms with Gasteiger partial charge in [0, 0.05) is 5.56 Å². The lowest BCUT2D eigenvalue weighted by molar-refractivity contribution is 0.503. The third kappa shape index (κ3) is 2.79. The molecule has 0 aromatic heterocycles. The molecule has 24 heavy (non-hydrogen) atoms. The molecule has 0 nitrogen and oxygen atoms in total. The van der Waals surface area contributed by atoms with Gasteiger partial charge in [-0.1, -0.05) is 56.7 Å².